The normalized spacial score (nSPS) is 22.2. The van der Waals surface area contributed by atoms with Crippen LogP contribution < -0.4 is 4.72 Å². The molecule has 2 unspecified atom stereocenters. The Morgan fingerprint density at radius 1 is 1.09 bits per heavy atom. The number of rotatable bonds is 5. The Morgan fingerprint density at radius 3 is 2.34 bits per heavy atom. The number of hydrogen-bond acceptors (Lipinski definition) is 4. The van der Waals surface area contributed by atoms with Crippen LogP contribution in [0.4, 0.5) is 4.79 Å². The largest absolute Gasteiger partial charge is 0.444 e. The average molecular weight is 457 g/mol. The summed E-state index contributed by atoms with van der Waals surface area (Å²) in [5.41, 5.74) is 2.45. The third-order valence-electron chi connectivity index (χ3n) is 6.27. The van der Waals surface area contributed by atoms with Gasteiger partial charge in [0, 0.05) is 18.0 Å². The van der Waals surface area contributed by atoms with E-state index in [1.54, 1.807) is 4.90 Å². The van der Waals surface area contributed by atoms with Gasteiger partial charge in [0.2, 0.25) is 10.0 Å². The summed E-state index contributed by atoms with van der Waals surface area (Å²) < 4.78 is 32.9. The molecule has 1 N–H and O–H groups in total. The van der Waals surface area contributed by atoms with Gasteiger partial charge >= 0.3 is 6.09 Å². The zero-order valence-corrected chi connectivity index (χ0v) is 20.0. The number of nitrogens with zero attached hydrogens (tertiary/aromatic N) is 1. The standard InChI is InChI=1S/C25H32N2O4S/c1-24(2,3)31-23(28)27-17-25(13-14-25)22(26-32(4,29)30)21(27)16-18-9-8-12-20(15-18)19-10-6-5-7-11-19/h5-12,15,21-22,26H,13-14,16-17H2,1-4H3. The number of hydrogen-bond donors (Lipinski definition) is 1. The Labute approximate surface area is 191 Å². The molecule has 6 nitrogen and oxygen atoms in total. The van der Waals surface area contributed by atoms with Gasteiger partial charge in [-0.1, -0.05) is 54.6 Å². The van der Waals surface area contributed by atoms with Crippen molar-refractivity contribution in [3.05, 3.63) is 60.2 Å². The summed E-state index contributed by atoms with van der Waals surface area (Å²) in [6.45, 7) is 6.05. The molecular weight excluding hydrogens is 424 g/mol. The minimum atomic E-state index is -3.43. The number of nitrogens with one attached hydrogen (secondary N) is 1. The van der Waals surface area contributed by atoms with Gasteiger partial charge in [-0.05, 0) is 56.7 Å². The first-order chi connectivity index (χ1) is 15.0. The fourth-order valence-corrected chi connectivity index (χ4v) is 5.57. The Bertz CT molecular complexity index is 1090. The summed E-state index contributed by atoms with van der Waals surface area (Å²) in [5.74, 6) is 0. The number of likely N-dealkylation sites (tertiary alicyclic amines) is 1. The molecule has 2 aromatic carbocycles. The third-order valence-corrected chi connectivity index (χ3v) is 6.95. The second-order valence-corrected chi connectivity index (χ2v) is 12.0. The highest BCUT2D eigenvalue weighted by atomic mass is 32.2. The molecule has 2 aliphatic rings. The van der Waals surface area contributed by atoms with Crippen molar-refractivity contribution < 1.29 is 17.9 Å². The highest BCUT2D eigenvalue weighted by Gasteiger charge is 2.61. The van der Waals surface area contributed by atoms with Crippen molar-refractivity contribution in [3.8, 4) is 11.1 Å². The van der Waals surface area contributed by atoms with Crippen molar-refractivity contribution in [3.63, 3.8) is 0 Å². The van der Waals surface area contributed by atoms with Crippen molar-refractivity contribution in [1.82, 2.24) is 9.62 Å². The fraction of sp³-hybridized carbons (Fsp3) is 0.480. The van der Waals surface area contributed by atoms with Crippen LogP contribution in [0, 0.1) is 5.41 Å². The van der Waals surface area contributed by atoms with Gasteiger partial charge < -0.3 is 9.64 Å². The van der Waals surface area contributed by atoms with Crippen molar-refractivity contribution >= 4 is 16.1 Å². The zero-order chi connectivity index (χ0) is 23.1. The molecular formula is C25H32N2O4S. The molecule has 0 bridgehead atoms. The first kappa shape index (κ1) is 22.8. The second kappa shape index (κ2) is 8.19. The van der Waals surface area contributed by atoms with E-state index in [1.807, 2.05) is 51.1 Å². The molecule has 1 amide bonds. The van der Waals surface area contributed by atoms with Gasteiger partial charge in [-0.15, -0.1) is 0 Å². The molecule has 7 heteroatoms. The average Bonchev–Trinajstić information content (AvgIpc) is 3.42. The number of carbonyl (C=O) groups is 1. The van der Waals surface area contributed by atoms with Crippen molar-refractivity contribution in [2.24, 2.45) is 5.41 Å². The molecule has 1 aliphatic heterocycles. The predicted molar refractivity (Wildman–Crippen MR) is 126 cm³/mol. The van der Waals surface area contributed by atoms with Crippen molar-refractivity contribution in [2.45, 2.75) is 57.7 Å². The van der Waals surface area contributed by atoms with Gasteiger partial charge in [0.15, 0.2) is 0 Å². The summed E-state index contributed by atoms with van der Waals surface area (Å²) in [5, 5.41) is 0. The first-order valence-corrected chi connectivity index (χ1v) is 13.0. The van der Waals surface area contributed by atoms with Gasteiger partial charge in [0.1, 0.15) is 5.60 Å². The number of benzene rings is 2. The predicted octanol–water partition coefficient (Wildman–Crippen LogP) is 4.21. The smallest absolute Gasteiger partial charge is 0.410 e. The molecule has 172 valence electrons. The lowest BCUT2D eigenvalue weighted by Crippen LogP contribution is -2.50. The van der Waals surface area contributed by atoms with E-state index in [0.29, 0.717) is 13.0 Å². The van der Waals surface area contributed by atoms with Crippen LogP contribution in [0.1, 0.15) is 39.2 Å². The minimum absolute atomic E-state index is 0.207. The fourth-order valence-electron chi connectivity index (χ4n) is 4.71. The Hall–Kier alpha value is -2.38. The van der Waals surface area contributed by atoms with E-state index in [1.165, 1.54) is 6.26 Å². The van der Waals surface area contributed by atoms with Crippen LogP contribution in [0.3, 0.4) is 0 Å². The van der Waals surface area contributed by atoms with Crippen LogP contribution in [0.15, 0.2) is 54.6 Å². The Morgan fingerprint density at radius 2 is 1.75 bits per heavy atom. The number of carbonyl (C=O) groups excluding carboxylic acids is 1. The van der Waals surface area contributed by atoms with Crippen LogP contribution >= 0.6 is 0 Å². The lowest BCUT2D eigenvalue weighted by Gasteiger charge is -2.31. The molecule has 1 aliphatic carbocycles. The number of ether oxygens (including phenoxy) is 1. The van der Waals surface area contributed by atoms with Crippen LogP contribution in [0.5, 0.6) is 0 Å². The molecule has 1 spiro atoms. The summed E-state index contributed by atoms with van der Waals surface area (Å²) in [6.07, 6.45) is 3.16. The van der Waals surface area contributed by atoms with E-state index in [9.17, 15) is 13.2 Å². The Kier molecular flexibility index (Phi) is 5.84. The summed E-state index contributed by atoms with van der Waals surface area (Å²) in [6, 6.07) is 17.7. The maximum Gasteiger partial charge on any atom is 0.410 e. The van der Waals surface area contributed by atoms with Crippen LogP contribution in [-0.2, 0) is 21.2 Å². The van der Waals surface area contributed by atoms with E-state index >= 15 is 0 Å². The van der Waals surface area contributed by atoms with E-state index in [0.717, 1.165) is 29.5 Å². The van der Waals surface area contributed by atoms with Gasteiger partial charge in [-0.25, -0.2) is 17.9 Å². The molecule has 0 radical (unpaired) electrons. The van der Waals surface area contributed by atoms with Crippen LogP contribution in [0.25, 0.3) is 11.1 Å². The maximum atomic E-state index is 13.1. The highest BCUT2D eigenvalue weighted by Crippen LogP contribution is 2.55. The lowest BCUT2D eigenvalue weighted by atomic mass is 9.92. The molecule has 1 saturated heterocycles. The quantitative estimate of drug-likeness (QED) is 0.731. The number of sulfonamides is 1. The van der Waals surface area contributed by atoms with E-state index in [-0.39, 0.29) is 23.6 Å². The maximum absolute atomic E-state index is 13.1. The van der Waals surface area contributed by atoms with Crippen LogP contribution in [-0.4, -0.2) is 49.9 Å². The van der Waals surface area contributed by atoms with Crippen LogP contribution in [0.2, 0.25) is 0 Å². The van der Waals surface area contributed by atoms with Gasteiger partial charge in [0.05, 0.1) is 12.3 Å². The lowest BCUT2D eigenvalue weighted by molar-refractivity contribution is 0.0214. The molecule has 2 fully saturated rings. The first-order valence-electron chi connectivity index (χ1n) is 11.1. The number of amides is 1. The van der Waals surface area contributed by atoms with Gasteiger partial charge in [-0.3, -0.25) is 0 Å². The molecule has 0 aromatic heterocycles. The summed E-state index contributed by atoms with van der Waals surface area (Å²) >= 11 is 0. The van der Waals surface area contributed by atoms with E-state index < -0.39 is 15.6 Å². The van der Waals surface area contributed by atoms with E-state index in [4.69, 9.17) is 4.74 Å². The second-order valence-electron chi connectivity index (χ2n) is 10.2. The molecule has 2 atom stereocenters. The van der Waals surface area contributed by atoms with Gasteiger partial charge in [0.25, 0.3) is 0 Å². The summed E-state index contributed by atoms with van der Waals surface area (Å²) in [4.78, 5) is 14.8. The van der Waals surface area contributed by atoms with E-state index in [2.05, 4.69) is 29.0 Å². The molecule has 1 saturated carbocycles. The van der Waals surface area contributed by atoms with Crippen molar-refractivity contribution in [1.29, 1.82) is 0 Å². The molecule has 1 heterocycles. The monoisotopic (exact) mass is 456 g/mol. The molecule has 2 aromatic rings. The SMILES string of the molecule is CC(C)(C)OC(=O)N1CC2(CC2)C(NS(C)(=O)=O)C1Cc1cccc(-c2ccccc2)c1. The van der Waals surface area contributed by atoms with Crippen molar-refractivity contribution in [2.75, 3.05) is 12.8 Å². The third kappa shape index (κ3) is 5.15. The minimum Gasteiger partial charge on any atom is -0.444 e. The molecule has 32 heavy (non-hydrogen) atoms. The summed E-state index contributed by atoms with van der Waals surface area (Å²) in [7, 11) is -3.43. The highest BCUT2D eigenvalue weighted by molar-refractivity contribution is 7.88. The zero-order valence-electron chi connectivity index (χ0n) is 19.2. The Balaban J connectivity index is 1.66. The molecule has 4 rings (SSSR count). The topological polar surface area (TPSA) is 75.7 Å². The van der Waals surface area contributed by atoms with Gasteiger partial charge in [-0.2, -0.15) is 0 Å².